The number of nitrogens with two attached hydrogens (primary N) is 2. The number of benzene rings is 1. The van der Waals surface area contributed by atoms with E-state index < -0.39 is 17.5 Å². The highest BCUT2D eigenvalue weighted by Crippen LogP contribution is 2.32. The molecule has 1 aromatic carbocycles. The molecule has 13 heteroatoms. The Hall–Kier alpha value is -5.04. The van der Waals surface area contributed by atoms with Crippen LogP contribution in [0.2, 0.25) is 0 Å². The van der Waals surface area contributed by atoms with Gasteiger partial charge in [-0.05, 0) is 0 Å². The van der Waals surface area contributed by atoms with Crippen molar-refractivity contribution in [3.05, 3.63) is 72.6 Å². The second-order valence-corrected chi connectivity index (χ2v) is 9.44. The van der Waals surface area contributed by atoms with Crippen LogP contribution in [0.3, 0.4) is 0 Å². The molecule has 0 aliphatic carbocycles. The molecule has 4 aromatic rings. The highest BCUT2D eigenvalue weighted by Gasteiger charge is 2.31. The molecular weight excluding hydrogens is 515 g/mol. The molecule has 1 amide bonds. The molecule has 1 aliphatic heterocycles. The number of amides is 1. The molecule has 1 fully saturated rings. The van der Waals surface area contributed by atoms with Crippen LogP contribution in [0, 0.1) is 5.82 Å². The quantitative estimate of drug-likeness (QED) is 0.136. The van der Waals surface area contributed by atoms with Crippen molar-refractivity contribution in [3.63, 3.8) is 0 Å². The van der Waals surface area contributed by atoms with E-state index in [0.29, 0.717) is 32.0 Å². The number of H-pyrrole nitrogens is 1. The summed E-state index contributed by atoms with van der Waals surface area (Å²) in [7, 11) is 3.79. The largest absolute Gasteiger partial charge is 0.403 e. The van der Waals surface area contributed by atoms with Crippen LogP contribution in [0.4, 0.5) is 21.7 Å². The van der Waals surface area contributed by atoms with Crippen LogP contribution in [0.15, 0.2) is 61.2 Å². The Balaban J connectivity index is 1.37. The van der Waals surface area contributed by atoms with Gasteiger partial charge in [0.25, 0.3) is 11.7 Å². The van der Waals surface area contributed by atoms with Crippen LogP contribution >= 0.6 is 0 Å². The zero-order chi connectivity index (χ0) is 28.4. The van der Waals surface area contributed by atoms with Gasteiger partial charge in [0.05, 0.1) is 28.4 Å². The number of nitrogens with one attached hydrogen (secondary N) is 1. The minimum absolute atomic E-state index is 0.0607. The van der Waals surface area contributed by atoms with E-state index in [4.69, 9.17) is 11.6 Å². The first-order chi connectivity index (χ1) is 19.3. The predicted molar refractivity (Wildman–Crippen MR) is 151 cm³/mol. The number of rotatable bonds is 7. The number of hydrogen-bond acceptors (Lipinski definition) is 10. The fourth-order valence-electron chi connectivity index (χ4n) is 4.68. The van der Waals surface area contributed by atoms with Gasteiger partial charge in [-0.1, -0.05) is 30.3 Å². The first-order valence-electron chi connectivity index (χ1n) is 12.6. The van der Waals surface area contributed by atoms with Crippen LogP contribution in [0.1, 0.15) is 10.4 Å². The van der Waals surface area contributed by atoms with Crippen LogP contribution < -0.4 is 26.4 Å². The standard InChI is InChI=1S/C27H29FN10O2/c1-35(2)21-14-20(23(34-33-21)17-6-4-3-5-7-17)36-10-12-37(13-11-36)27(40)25(39)18-15-31-24-22(18)19(28)16-32-26(24)38(30)9-8-29/h3-9,14-16,31H,10-13,29-30H2,1-2H3/b9-8-. The van der Waals surface area contributed by atoms with E-state index in [1.807, 2.05) is 55.4 Å². The number of aromatic nitrogens is 4. The molecule has 206 valence electrons. The first kappa shape index (κ1) is 26.6. The van der Waals surface area contributed by atoms with Gasteiger partial charge >= 0.3 is 0 Å². The normalized spacial score (nSPS) is 13.7. The summed E-state index contributed by atoms with van der Waals surface area (Å²) in [6, 6.07) is 11.7. The number of hydrogen-bond donors (Lipinski definition) is 3. The lowest BCUT2D eigenvalue weighted by Gasteiger charge is -2.36. The highest BCUT2D eigenvalue weighted by molar-refractivity contribution is 6.45. The molecule has 5 N–H and O–H groups in total. The van der Waals surface area contributed by atoms with E-state index in [0.717, 1.165) is 28.2 Å². The zero-order valence-corrected chi connectivity index (χ0v) is 22.1. The average Bonchev–Trinajstić information content (AvgIpc) is 3.43. The molecule has 1 saturated heterocycles. The Bertz CT molecular complexity index is 1580. The molecule has 0 atom stereocenters. The number of nitrogens with zero attached hydrogens (tertiary/aromatic N) is 7. The number of halogens is 1. The Morgan fingerprint density at radius 3 is 2.50 bits per heavy atom. The number of hydrazine groups is 1. The molecule has 0 bridgehead atoms. The zero-order valence-electron chi connectivity index (χ0n) is 22.1. The van der Waals surface area contributed by atoms with Gasteiger partial charge in [0.2, 0.25) is 0 Å². The molecule has 0 radical (unpaired) electrons. The molecule has 1 aliphatic rings. The van der Waals surface area contributed by atoms with Crippen molar-refractivity contribution < 1.29 is 14.0 Å². The maximum absolute atomic E-state index is 14.8. The van der Waals surface area contributed by atoms with E-state index in [1.54, 1.807) is 0 Å². The van der Waals surface area contributed by atoms with E-state index in [1.165, 1.54) is 23.5 Å². The van der Waals surface area contributed by atoms with Gasteiger partial charge < -0.3 is 25.4 Å². The Kier molecular flexibility index (Phi) is 7.29. The average molecular weight is 545 g/mol. The van der Waals surface area contributed by atoms with Gasteiger partial charge in [0, 0.05) is 70.5 Å². The first-order valence-corrected chi connectivity index (χ1v) is 12.6. The van der Waals surface area contributed by atoms with E-state index in [2.05, 4.69) is 25.1 Å². The number of aromatic amines is 1. The highest BCUT2D eigenvalue weighted by atomic mass is 19.1. The van der Waals surface area contributed by atoms with Crippen molar-refractivity contribution in [2.45, 2.75) is 0 Å². The summed E-state index contributed by atoms with van der Waals surface area (Å²) >= 11 is 0. The maximum Gasteiger partial charge on any atom is 0.295 e. The van der Waals surface area contributed by atoms with Crippen LogP contribution in [-0.2, 0) is 4.79 Å². The number of piperazine rings is 1. The second kappa shape index (κ2) is 11.0. The number of Topliss-reactive ketones (excluding diaryl/α,β-unsaturated/α-hetero) is 1. The number of anilines is 3. The molecule has 5 rings (SSSR count). The summed E-state index contributed by atoms with van der Waals surface area (Å²) in [4.78, 5) is 38.8. The van der Waals surface area contributed by atoms with Gasteiger partial charge in [-0.15, -0.1) is 10.2 Å². The van der Waals surface area contributed by atoms with Crippen molar-refractivity contribution in [3.8, 4) is 11.3 Å². The third kappa shape index (κ3) is 4.89. The minimum atomic E-state index is -0.820. The monoisotopic (exact) mass is 544 g/mol. The summed E-state index contributed by atoms with van der Waals surface area (Å²) in [6.45, 7) is 1.55. The Labute approximate surface area is 229 Å². The molecule has 40 heavy (non-hydrogen) atoms. The van der Waals surface area contributed by atoms with Gasteiger partial charge in [-0.25, -0.2) is 15.2 Å². The van der Waals surface area contributed by atoms with Crippen LogP contribution in [-0.4, -0.2) is 77.0 Å². The van der Waals surface area contributed by atoms with E-state index in [-0.39, 0.29) is 22.3 Å². The number of ketones is 1. The number of carbonyl (C=O) groups is 2. The van der Waals surface area contributed by atoms with Gasteiger partial charge in [-0.3, -0.25) is 14.6 Å². The third-order valence-electron chi connectivity index (χ3n) is 6.75. The number of carbonyl (C=O) groups excluding carboxylic acids is 2. The molecule has 4 heterocycles. The smallest absolute Gasteiger partial charge is 0.295 e. The van der Waals surface area contributed by atoms with E-state index in [9.17, 15) is 14.0 Å². The summed E-state index contributed by atoms with van der Waals surface area (Å²) in [5, 5.41) is 9.87. The van der Waals surface area contributed by atoms with Crippen LogP contribution in [0.5, 0.6) is 0 Å². The predicted octanol–water partition coefficient (Wildman–Crippen LogP) is 1.87. The molecule has 12 nitrogen and oxygen atoms in total. The maximum atomic E-state index is 14.8. The SMILES string of the molecule is CN(C)c1cc(N2CCN(C(=O)C(=O)c3c[nH]c4c(N(N)/C=C\N)ncc(F)c34)CC2)c(-c2ccccc2)nn1. The Morgan fingerprint density at radius 1 is 1.10 bits per heavy atom. The van der Waals surface area contributed by atoms with Crippen molar-refractivity contribution in [1.29, 1.82) is 0 Å². The van der Waals surface area contributed by atoms with Gasteiger partial charge in [0.1, 0.15) is 5.69 Å². The fourth-order valence-corrected chi connectivity index (χ4v) is 4.68. The summed E-state index contributed by atoms with van der Waals surface area (Å²) in [5.74, 6) is 4.48. The topological polar surface area (TPSA) is 154 Å². The minimum Gasteiger partial charge on any atom is -0.403 e. The lowest BCUT2D eigenvalue weighted by Crippen LogP contribution is -2.50. The second-order valence-electron chi connectivity index (χ2n) is 9.44. The number of fused-ring (bicyclic) bond motifs is 1. The lowest BCUT2D eigenvalue weighted by atomic mass is 10.1. The molecule has 0 unspecified atom stereocenters. The van der Waals surface area contributed by atoms with Crippen molar-refractivity contribution in [2.75, 3.05) is 55.1 Å². The summed E-state index contributed by atoms with van der Waals surface area (Å²) in [5.41, 5.74) is 8.03. The third-order valence-corrected chi connectivity index (χ3v) is 6.75. The summed E-state index contributed by atoms with van der Waals surface area (Å²) < 4.78 is 14.8. The van der Waals surface area contributed by atoms with Gasteiger partial charge in [0.15, 0.2) is 17.5 Å². The number of pyridine rings is 1. The molecule has 0 spiro atoms. The molecular formula is C27H29FN10O2. The molecule has 3 aromatic heterocycles. The molecule has 0 saturated carbocycles. The van der Waals surface area contributed by atoms with Crippen LogP contribution in [0.25, 0.3) is 22.2 Å². The van der Waals surface area contributed by atoms with Crippen molar-refractivity contribution in [1.82, 2.24) is 25.1 Å². The fraction of sp³-hybridized carbons (Fsp3) is 0.222. The summed E-state index contributed by atoms with van der Waals surface area (Å²) in [6.07, 6.45) is 4.77. The van der Waals surface area contributed by atoms with Crippen molar-refractivity contribution in [2.24, 2.45) is 11.6 Å². The Morgan fingerprint density at radius 2 is 1.82 bits per heavy atom. The van der Waals surface area contributed by atoms with Crippen molar-refractivity contribution >= 4 is 39.9 Å². The van der Waals surface area contributed by atoms with E-state index >= 15 is 0 Å². The van der Waals surface area contributed by atoms with Gasteiger partial charge in [-0.2, -0.15) is 0 Å². The lowest BCUT2D eigenvalue weighted by molar-refractivity contribution is -0.126.